The van der Waals surface area contributed by atoms with Gasteiger partial charge in [0.25, 0.3) is 0 Å². The summed E-state index contributed by atoms with van der Waals surface area (Å²) >= 11 is 0. The van der Waals surface area contributed by atoms with Crippen LogP contribution in [0.25, 0.3) is 0 Å². The highest BCUT2D eigenvalue weighted by atomic mass is 16.3. The lowest BCUT2D eigenvalue weighted by Gasteiger charge is -2.09. The fourth-order valence-corrected chi connectivity index (χ4v) is 0.640. The summed E-state index contributed by atoms with van der Waals surface area (Å²) in [6.45, 7) is 1.37. The van der Waals surface area contributed by atoms with E-state index in [1.807, 2.05) is 0 Å². The Bertz CT molecular complexity index is 267. The van der Waals surface area contributed by atoms with Gasteiger partial charge in [0.05, 0.1) is 6.20 Å². The normalized spacial score (nSPS) is 15.9. The van der Waals surface area contributed by atoms with Crippen molar-refractivity contribution in [2.75, 3.05) is 0 Å². The van der Waals surface area contributed by atoms with Crippen molar-refractivity contribution in [3.8, 4) is 0 Å². The van der Waals surface area contributed by atoms with Crippen molar-refractivity contribution in [1.29, 1.82) is 0 Å². The second-order valence-electron chi connectivity index (χ2n) is 2.54. The zero-order chi connectivity index (χ0) is 8.48. The van der Waals surface area contributed by atoms with Crippen molar-refractivity contribution >= 4 is 6.29 Å². The molecule has 1 rings (SSSR count). The van der Waals surface area contributed by atoms with Gasteiger partial charge in [0.2, 0.25) is 0 Å². The minimum Gasteiger partial charge on any atom is -0.376 e. The highest BCUT2D eigenvalue weighted by molar-refractivity contribution is 5.63. The molecule has 5 heteroatoms. The molecule has 0 aliphatic carbocycles. The lowest BCUT2D eigenvalue weighted by molar-refractivity contribution is -0.123. The molecular weight excluding hydrogens is 146 g/mol. The first kappa shape index (κ1) is 7.87. The molecule has 0 aromatic carbocycles. The first-order valence-electron chi connectivity index (χ1n) is 3.12. The number of hydrogen-bond acceptors (Lipinski definition) is 4. The van der Waals surface area contributed by atoms with Crippen LogP contribution in [0, 0.1) is 0 Å². The first-order chi connectivity index (χ1) is 5.06. The Kier molecular flexibility index (Phi) is 1.74. The Hall–Kier alpha value is -1.23. The van der Waals surface area contributed by atoms with Gasteiger partial charge in [-0.25, -0.2) is 0 Å². The van der Waals surface area contributed by atoms with E-state index in [0.29, 0.717) is 6.29 Å². The third kappa shape index (κ3) is 1.43. The van der Waals surface area contributed by atoms with Crippen molar-refractivity contribution in [2.45, 2.75) is 12.5 Å². The SMILES string of the molecule is Cn1cc(C(C)(O)C=O)nn1. The largest absolute Gasteiger partial charge is 0.376 e. The zero-order valence-corrected chi connectivity index (χ0v) is 6.35. The fourth-order valence-electron chi connectivity index (χ4n) is 0.640. The molecule has 0 spiro atoms. The van der Waals surface area contributed by atoms with Crippen LogP contribution in [0.1, 0.15) is 12.6 Å². The van der Waals surface area contributed by atoms with E-state index in [2.05, 4.69) is 10.3 Å². The maximum Gasteiger partial charge on any atom is 0.162 e. The van der Waals surface area contributed by atoms with Crippen molar-refractivity contribution in [1.82, 2.24) is 15.0 Å². The number of carbonyl (C=O) groups excluding carboxylic acids is 1. The lowest BCUT2D eigenvalue weighted by Crippen LogP contribution is -2.23. The Morgan fingerprint density at radius 2 is 2.45 bits per heavy atom. The average molecular weight is 155 g/mol. The molecule has 0 aliphatic rings. The quantitative estimate of drug-likeness (QED) is 0.569. The molecule has 0 bridgehead atoms. The van der Waals surface area contributed by atoms with Crippen LogP contribution in [-0.4, -0.2) is 26.4 Å². The second kappa shape index (κ2) is 2.43. The van der Waals surface area contributed by atoms with E-state index in [1.54, 1.807) is 7.05 Å². The maximum atomic E-state index is 10.3. The predicted molar refractivity (Wildman–Crippen MR) is 36.6 cm³/mol. The number of carbonyl (C=O) groups is 1. The second-order valence-corrected chi connectivity index (χ2v) is 2.54. The number of hydrogen-bond donors (Lipinski definition) is 1. The van der Waals surface area contributed by atoms with Gasteiger partial charge >= 0.3 is 0 Å². The van der Waals surface area contributed by atoms with E-state index in [0.717, 1.165) is 0 Å². The number of aromatic nitrogens is 3. The standard InChI is InChI=1S/C6H9N3O2/c1-6(11,4-10)5-3-9(2)8-7-5/h3-4,11H,1-2H3. The highest BCUT2D eigenvalue weighted by Crippen LogP contribution is 2.13. The summed E-state index contributed by atoms with van der Waals surface area (Å²) in [7, 11) is 1.66. The van der Waals surface area contributed by atoms with Gasteiger partial charge in [0.1, 0.15) is 5.69 Å². The summed E-state index contributed by atoms with van der Waals surface area (Å²) in [4.78, 5) is 10.3. The van der Waals surface area contributed by atoms with Crippen LogP contribution in [0.4, 0.5) is 0 Å². The van der Waals surface area contributed by atoms with Gasteiger partial charge < -0.3 is 5.11 Å². The summed E-state index contributed by atoms with van der Waals surface area (Å²) in [5.41, 5.74) is -1.26. The lowest BCUT2D eigenvalue weighted by atomic mass is 10.1. The Morgan fingerprint density at radius 1 is 1.82 bits per heavy atom. The summed E-state index contributed by atoms with van der Waals surface area (Å²) in [5, 5.41) is 16.5. The van der Waals surface area contributed by atoms with Crippen molar-refractivity contribution in [3.63, 3.8) is 0 Å². The molecular formula is C6H9N3O2. The minimum atomic E-state index is -1.52. The zero-order valence-electron chi connectivity index (χ0n) is 6.35. The molecule has 0 saturated carbocycles. The van der Waals surface area contributed by atoms with E-state index in [1.165, 1.54) is 17.8 Å². The molecule has 60 valence electrons. The Morgan fingerprint density at radius 3 is 2.82 bits per heavy atom. The third-order valence-corrected chi connectivity index (χ3v) is 1.35. The first-order valence-corrected chi connectivity index (χ1v) is 3.12. The summed E-state index contributed by atoms with van der Waals surface area (Å²) < 4.78 is 1.42. The number of aldehydes is 1. The van der Waals surface area contributed by atoms with Crippen LogP contribution in [0.15, 0.2) is 6.20 Å². The van der Waals surface area contributed by atoms with Crippen LogP contribution in [0.2, 0.25) is 0 Å². The monoisotopic (exact) mass is 155 g/mol. The summed E-state index contributed by atoms with van der Waals surface area (Å²) in [5.74, 6) is 0. The van der Waals surface area contributed by atoms with Crippen molar-refractivity contribution in [2.24, 2.45) is 7.05 Å². The van der Waals surface area contributed by atoms with Crippen LogP contribution < -0.4 is 0 Å². The van der Waals surface area contributed by atoms with Crippen molar-refractivity contribution in [3.05, 3.63) is 11.9 Å². The summed E-state index contributed by atoms with van der Waals surface area (Å²) in [6, 6.07) is 0. The molecule has 0 fully saturated rings. The minimum absolute atomic E-state index is 0.259. The molecule has 0 aliphatic heterocycles. The van der Waals surface area contributed by atoms with Crippen molar-refractivity contribution < 1.29 is 9.90 Å². The molecule has 1 unspecified atom stereocenters. The maximum absolute atomic E-state index is 10.3. The average Bonchev–Trinajstić information content (AvgIpc) is 2.36. The van der Waals surface area contributed by atoms with Gasteiger partial charge in [0, 0.05) is 7.05 Å². The van der Waals surface area contributed by atoms with Gasteiger partial charge in [-0.3, -0.25) is 9.48 Å². The van der Waals surface area contributed by atoms with Crippen LogP contribution in [0.3, 0.4) is 0 Å². The molecule has 1 aromatic rings. The molecule has 0 saturated heterocycles. The third-order valence-electron chi connectivity index (χ3n) is 1.35. The topological polar surface area (TPSA) is 68.0 Å². The highest BCUT2D eigenvalue weighted by Gasteiger charge is 2.25. The molecule has 1 N–H and O–H groups in total. The van der Waals surface area contributed by atoms with E-state index in [4.69, 9.17) is 0 Å². The number of aryl methyl sites for hydroxylation is 1. The molecule has 1 aromatic heterocycles. The van der Waals surface area contributed by atoms with E-state index in [-0.39, 0.29) is 5.69 Å². The van der Waals surface area contributed by atoms with Gasteiger partial charge in [-0.2, -0.15) is 0 Å². The van der Waals surface area contributed by atoms with Gasteiger partial charge in [-0.1, -0.05) is 5.21 Å². The van der Waals surface area contributed by atoms with E-state index >= 15 is 0 Å². The smallest absolute Gasteiger partial charge is 0.162 e. The van der Waals surface area contributed by atoms with Gasteiger partial charge in [0.15, 0.2) is 11.9 Å². The van der Waals surface area contributed by atoms with Gasteiger partial charge in [-0.05, 0) is 6.92 Å². The number of nitrogens with zero attached hydrogens (tertiary/aromatic N) is 3. The fraction of sp³-hybridized carbons (Fsp3) is 0.500. The Balaban J connectivity index is 3.01. The molecule has 5 nitrogen and oxygen atoms in total. The van der Waals surface area contributed by atoms with Gasteiger partial charge in [-0.15, -0.1) is 5.10 Å². The van der Waals surface area contributed by atoms with Crippen LogP contribution in [-0.2, 0) is 17.4 Å². The molecule has 0 amide bonds. The summed E-state index contributed by atoms with van der Waals surface area (Å²) in [6.07, 6.45) is 1.92. The Labute approximate surface area is 63.6 Å². The predicted octanol–water partition coefficient (Wildman–Crippen LogP) is -0.779. The molecule has 0 radical (unpaired) electrons. The number of rotatable bonds is 2. The van der Waals surface area contributed by atoms with E-state index < -0.39 is 5.60 Å². The van der Waals surface area contributed by atoms with Crippen LogP contribution >= 0.6 is 0 Å². The molecule has 11 heavy (non-hydrogen) atoms. The van der Waals surface area contributed by atoms with E-state index in [9.17, 15) is 9.90 Å². The van der Waals surface area contributed by atoms with Crippen LogP contribution in [0.5, 0.6) is 0 Å². The molecule has 1 atom stereocenters. The number of aliphatic hydroxyl groups is 1. The molecule has 1 heterocycles.